The zero-order valence-electron chi connectivity index (χ0n) is 18.1. The van der Waals surface area contributed by atoms with E-state index in [2.05, 4.69) is 24.5 Å². The predicted molar refractivity (Wildman–Crippen MR) is 132 cm³/mol. The van der Waals surface area contributed by atoms with E-state index < -0.39 is 5.82 Å². The predicted octanol–water partition coefficient (Wildman–Crippen LogP) is 4.39. The fourth-order valence-electron chi connectivity index (χ4n) is 4.34. The van der Waals surface area contributed by atoms with Crippen molar-refractivity contribution < 1.29 is 19.1 Å². The number of carbonyl (C=O) groups excluding carboxylic acids is 2. The van der Waals surface area contributed by atoms with Crippen LogP contribution in [0, 0.1) is 20.7 Å². The van der Waals surface area contributed by atoms with E-state index >= 15 is 0 Å². The third kappa shape index (κ3) is 4.79. The van der Waals surface area contributed by atoms with Gasteiger partial charge in [0, 0.05) is 29.8 Å². The molecular weight excluding hydrogens is 544 g/mol. The summed E-state index contributed by atoms with van der Waals surface area (Å²) in [5.74, 6) is -0.732. The molecule has 4 rings (SSSR count). The number of amides is 2. The van der Waals surface area contributed by atoms with Crippen LogP contribution in [0.5, 0.6) is 0 Å². The number of nitrogens with zero attached hydrogens (tertiary/aromatic N) is 1. The molecule has 2 amide bonds. The Hall–Kier alpha value is -1.72. The average Bonchev–Trinajstić information content (AvgIpc) is 3.05. The second-order valence-electron chi connectivity index (χ2n) is 9.33. The number of aliphatic hydroxyl groups is 1. The number of halogens is 2. The third-order valence-electron chi connectivity index (χ3n) is 6.05. The Morgan fingerprint density at radius 1 is 1.44 bits per heavy atom. The van der Waals surface area contributed by atoms with Gasteiger partial charge in [0.2, 0.25) is 0 Å². The van der Waals surface area contributed by atoms with Crippen LogP contribution in [-0.2, 0) is 6.42 Å². The first kappa shape index (κ1) is 23.4. The van der Waals surface area contributed by atoms with Crippen molar-refractivity contribution in [2.75, 3.05) is 31.6 Å². The number of piperidine rings is 1. The number of aliphatic hydroxyl groups excluding tert-OH is 1. The summed E-state index contributed by atoms with van der Waals surface area (Å²) in [7, 11) is 0. The topological polar surface area (TPSA) is 81.7 Å². The summed E-state index contributed by atoms with van der Waals surface area (Å²) in [5.41, 5.74) is 1.21. The lowest BCUT2D eigenvalue weighted by molar-refractivity contribution is 0.0620. The summed E-state index contributed by atoms with van der Waals surface area (Å²) in [6.07, 6.45) is 2.27. The summed E-state index contributed by atoms with van der Waals surface area (Å²) in [5, 5.41) is 16.2. The highest BCUT2D eigenvalue weighted by Crippen LogP contribution is 2.41. The standard InChI is InChI=1S/C23H27FIN3O3S/c1-23(2)9-15-18(22(31)28-7-3-4-13(10-28)11-29)21(32-19(15)20(30)26-12-23)27-17-6-5-14(25)8-16(17)24/h5-6,8,13,27,29H,3-4,7,9-12H2,1-2H3,(H,26,30). The fraction of sp³-hybridized carbons (Fsp3) is 0.478. The van der Waals surface area contributed by atoms with Gasteiger partial charge in [0.05, 0.1) is 16.1 Å². The van der Waals surface area contributed by atoms with Crippen LogP contribution in [0.2, 0.25) is 0 Å². The molecule has 172 valence electrons. The van der Waals surface area contributed by atoms with Crippen LogP contribution in [0.3, 0.4) is 0 Å². The minimum atomic E-state index is -0.415. The molecule has 0 aliphatic carbocycles. The van der Waals surface area contributed by atoms with Crippen molar-refractivity contribution >= 4 is 56.4 Å². The van der Waals surface area contributed by atoms with E-state index in [1.165, 1.54) is 17.4 Å². The molecule has 3 N–H and O–H groups in total. The molecule has 2 aliphatic rings. The molecule has 1 aromatic heterocycles. The van der Waals surface area contributed by atoms with Crippen molar-refractivity contribution in [2.24, 2.45) is 11.3 Å². The van der Waals surface area contributed by atoms with Gasteiger partial charge in [-0.25, -0.2) is 4.39 Å². The molecule has 1 saturated heterocycles. The molecule has 6 nitrogen and oxygen atoms in total. The van der Waals surface area contributed by atoms with E-state index in [0.717, 1.165) is 22.0 Å². The number of hydrogen-bond acceptors (Lipinski definition) is 5. The van der Waals surface area contributed by atoms with Crippen molar-refractivity contribution in [1.82, 2.24) is 10.2 Å². The Morgan fingerprint density at radius 2 is 2.22 bits per heavy atom. The highest BCUT2D eigenvalue weighted by Gasteiger charge is 2.36. The van der Waals surface area contributed by atoms with Gasteiger partial charge in [0.25, 0.3) is 11.8 Å². The molecule has 1 aromatic carbocycles. The smallest absolute Gasteiger partial charge is 0.261 e. The van der Waals surface area contributed by atoms with Crippen LogP contribution in [0.4, 0.5) is 15.1 Å². The van der Waals surface area contributed by atoms with Gasteiger partial charge >= 0.3 is 0 Å². The number of anilines is 2. The molecule has 32 heavy (non-hydrogen) atoms. The number of benzene rings is 1. The third-order valence-corrected chi connectivity index (χ3v) is 7.87. The lowest BCUT2D eigenvalue weighted by Gasteiger charge is -2.32. The first-order valence-electron chi connectivity index (χ1n) is 10.7. The number of nitrogens with one attached hydrogen (secondary N) is 2. The molecule has 1 atom stereocenters. The lowest BCUT2D eigenvalue weighted by atomic mass is 9.85. The summed E-state index contributed by atoms with van der Waals surface area (Å²) >= 11 is 3.25. The number of likely N-dealkylation sites (tertiary alicyclic amines) is 1. The number of hydrogen-bond donors (Lipinski definition) is 3. The van der Waals surface area contributed by atoms with E-state index in [9.17, 15) is 19.1 Å². The van der Waals surface area contributed by atoms with E-state index in [1.807, 2.05) is 22.6 Å². The molecular formula is C23H27FIN3O3S. The van der Waals surface area contributed by atoms with Gasteiger partial charge in [0.1, 0.15) is 10.8 Å². The van der Waals surface area contributed by atoms with Gasteiger partial charge in [-0.3, -0.25) is 9.59 Å². The molecule has 1 unspecified atom stereocenters. The van der Waals surface area contributed by atoms with E-state index in [4.69, 9.17) is 0 Å². The number of carbonyl (C=O) groups is 2. The van der Waals surface area contributed by atoms with Crippen LogP contribution in [-0.4, -0.2) is 48.1 Å². The minimum absolute atomic E-state index is 0.0416. The molecule has 0 spiro atoms. The Labute approximate surface area is 204 Å². The Morgan fingerprint density at radius 3 is 2.94 bits per heavy atom. The molecule has 1 fully saturated rings. The second kappa shape index (κ2) is 9.26. The molecule has 0 saturated carbocycles. The molecule has 2 aliphatic heterocycles. The van der Waals surface area contributed by atoms with E-state index in [-0.39, 0.29) is 35.4 Å². The summed E-state index contributed by atoms with van der Waals surface area (Å²) < 4.78 is 15.4. The number of fused-ring (bicyclic) bond motifs is 1. The maximum Gasteiger partial charge on any atom is 0.261 e. The SMILES string of the molecule is CC1(C)CNC(=O)c2sc(Nc3ccc(I)cc3F)c(C(=O)N3CCCC(CO)C3)c2C1. The van der Waals surface area contributed by atoms with Gasteiger partial charge in [-0.1, -0.05) is 13.8 Å². The first-order valence-corrected chi connectivity index (χ1v) is 12.6. The van der Waals surface area contributed by atoms with Crippen molar-refractivity contribution in [1.29, 1.82) is 0 Å². The second-order valence-corrected chi connectivity index (χ2v) is 11.6. The van der Waals surface area contributed by atoms with Gasteiger partial charge in [-0.05, 0) is 76.9 Å². The fourth-order valence-corrected chi connectivity index (χ4v) is 5.94. The van der Waals surface area contributed by atoms with E-state index in [1.54, 1.807) is 17.0 Å². The monoisotopic (exact) mass is 571 g/mol. The number of thiophene rings is 1. The van der Waals surface area contributed by atoms with Crippen molar-refractivity contribution in [3.63, 3.8) is 0 Å². The molecule has 2 aromatic rings. The molecule has 9 heteroatoms. The van der Waals surface area contributed by atoms with Crippen LogP contribution >= 0.6 is 33.9 Å². The summed E-state index contributed by atoms with van der Waals surface area (Å²) in [6, 6.07) is 4.86. The number of rotatable bonds is 4. The molecule has 0 bridgehead atoms. The molecule has 3 heterocycles. The maximum atomic E-state index is 14.6. The normalized spacial score (nSPS) is 20.3. The zero-order valence-corrected chi connectivity index (χ0v) is 21.1. The van der Waals surface area contributed by atoms with Gasteiger partial charge < -0.3 is 20.6 Å². The summed E-state index contributed by atoms with van der Waals surface area (Å²) in [6.45, 7) is 5.76. The van der Waals surface area contributed by atoms with Gasteiger partial charge in [0.15, 0.2) is 0 Å². The largest absolute Gasteiger partial charge is 0.396 e. The summed E-state index contributed by atoms with van der Waals surface area (Å²) in [4.78, 5) is 28.9. The highest BCUT2D eigenvalue weighted by atomic mass is 127. The molecule has 0 radical (unpaired) electrons. The van der Waals surface area contributed by atoms with E-state index in [0.29, 0.717) is 41.5 Å². The Balaban J connectivity index is 1.79. The van der Waals surface area contributed by atoms with Crippen molar-refractivity contribution in [2.45, 2.75) is 33.1 Å². The highest BCUT2D eigenvalue weighted by molar-refractivity contribution is 14.1. The van der Waals surface area contributed by atoms with Crippen LogP contribution in [0.25, 0.3) is 0 Å². The quantitative estimate of drug-likeness (QED) is 0.476. The minimum Gasteiger partial charge on any atom is -0.396 e. The lowest BCUT2D eigenvalue weighted by Crippen LogP contribution is -2.41. The van der Waals surface area contributed by atoms with Gasteiger partial charge in [-0.15, -0.1) is 11.3 Å². The van der Waals surface area contributed by atoms with Gasteiger partial charge in [-0.2, -0.15) is 0 Å². The van der Waals surface area contributed by atoms with Crippen molar-refractivity contribution in [3.05, 3.63) is 43.6 Å². The zero-order chi connectivity index (χ0) is 23.0. The van der Waals surface area contributed by atoms with Crippen molar-refractivity contribution in [3.8, 4) is 0 Å². The Bertz CT molecular complexity index is 1060. The van der Waals surface area contributed by atoms with Crippen LogP contribution in [0.1, 0.15) is 52.3 Å². The maximum absolute atomic E-state index is 14.6. The first-order chi connectivity index (χ1) is 15.2. The Kier molecular flexibility index (Phi) is 6.78. The van der Waals surface area contributed by atoms with Crippen LogP contribution in [0.15, 0.2) is 18.2 Å². The average molecular weight is 571 g/mol. The van der Waals surface area contributed by atoms with Crippen LogP contribution < -0.4 is 10.6 Å².